The lowest BCUT2D eigenvalue weighted by Crippen LogP contribution is -2.47. The Labute approximate surface area is 265 Å². The van der Waals surface area contributed by atoms with Crippen molar-refractivity contribution >= 4 is 34.7 Å². The number of cyclic esters (lactones) is 1. The Morgan fingerprint density at radius 3 is 2.57 bits per heavy atom. The second kappa shape index (κ2) is 13.7. The average Bonchev–Trinajstić information content (AvgIpc) is 3.39. The quantitative estimate of drug-likeness (QED) is 0.133. The molecular weight excluding hydrogens is 594 g/mol. The molecule has 3 aromatic rings. The number of pyridine rings is 2. The van der Waals surface area contributed by atoms with Gasteiger partial charge in [-0.15, -0.1) is 0 Å². The number of aromatic hydroxyl groups is 1. The number of nitrogens with zero attached hydrogens (tertiary/aromatic N) is 2. The van der Waals surface area contributed by atoms with E-state index in [0.717, 1.165) is 37.7 Å². The molecule has 0 aliphatic carbocycles. The van der Waals surface area contributed by atoms with Crippen LogP contribution >= 0.6 is 0 Å². The number of aliphatic carboxylic acids is 1. The molecule has 12 heteroatoms. The molecule has 5 rings (SSSR count). The molecule has 2 atom stereocenters. The number of carbonyl (C=O) groups excluding carboxylic acids is 3. The number of carboxylic acid groups (broad SMARTS) is 1. The van der Waals surface area contributed by atoms with Gasteiger partial charge in [-0.3, -0.25) is 14.4 Å². The summed E-state index contributed by atoms with van der Waals surface area (Å²) in [6.07, 6.45) is 5.38. The summed E-state index contributed by atoms with van der Waals surface area (Å²) in [6, 6.07) is 7.21. The smallest absolute Gasteiger partial charge is 0.355 e. The normalized spacial score (nSPS) is 17.0. The van der Waals surface area contributed by atoms with Crippen LogP contribution < -0.4 is 10.9 Å². The fourth-order valence-electron chi connectivity index (χ4n) is 6.24. The van der Waals surface area contributed by atoms with Crippen LogP contribution in [0.5, 0.6) is 5.75 Å². The summed E-state index contributed by atoms with van der Waals surface area (Å²) in [5.41, 5.74) is 0.450. The van der Waals surface area contributed by atoms with Gasteiger partial charge in [-0.1, -0.05) is 52.4 Å². The lowest BCUT2D eigenvalue weighted by Gasteiger charge is -2.35. The van der Waals surface area contributed by atoms with Crippen molar-refractivity contribution in [2.45, 2.75) is 103 Å². The number of phenolic OH excluding ortho intramolecular Hbond substituents is 1. The number of hydrogen-bond donors (Lipinski definition) is 3. The molecule has 0 saturated heterocycles. The van der Waals surface area contributed by atoms with Crippen molar-refractivity contribution in [2.24, 2.45) is 0 Å². The van der Waals surface area contributed by atoms with Gasteiger partial charge in [0.25, 0.3) is 5.56 Å². The van der Waals surface area contributed by atoms with Crippen LogP contribution in [0.25, 0.3) is 22.3 Å². The Bertz CT molecular complexity index is 1750. The summed E-state index contributed by atoms with van der Waals surface area (Å²) in [4.78, 5) is 69.1. The maximum atomic E-state index is 13.7. The molecule has 0 bridgehead atoms. The highest BCUT2D eigenvalue weighted by atomic mass is 16.6. The van der Waals surface area contributed by atoms with Crippen molar-refractivity contribution in [2.75, 3.05) is 0 Å². The van der Waals surface area contributed by atoms with Gasteiger partial charge >= 0.3 is 17.9 Å². The number of phenols is 1. The summed E-state index contributed by atoms with van der Waals surface area (Å²) in [6.45, 7) is 3.69. The van der Waals surface area contributed by atoms with Crippen molar-refractivity contribution in [3.63, 3.8) is 0 Å². The Kier molecular flexibility index (Phi) is 9.74. The number of esters is 2. The average molecular weight is 634 g/mol. The molecule has 0 radical (unpaired) electrons. The standard InChI is InChI=1S/C34H39N3O9/c1-3-5-6-7-8-9-10-26(32(42)43)35-28(39)13-14-29(40)46-34(4-2)24-17-27-30-21(15-20-16-22(38)11-12-25(20)36-30)18-37(27)31(41)23(24)19-45-33(34)44/h11-12,15-17,26,38H,3-10,13-14,18-19H2,1-2H3,(H,35,39)(H,42,43). The number of amides is 1. The van der Waals surface area contributed by atoms with Crippen LogP contribution in [-0.2, 0) is 47.4 Å². The summed E-state index contributed by atoms with van der Waals surface area (Å²) in [5.74, 6) is -3.36. The van der Waals surface area contributed by atoms with Crippen molar-refractivity contribution in [3.8, 4) is 17.1 Å². The number of nitrogens with one attached hydrogen (secondary N) is 1. The van der Waals surface area contributed by atoms with Gasteiger partial charge in [-0.25, -0.2) is 14.6 Å². The zero-order valence-electron chi connectivity index (χ0n) is 26.1. The first kappa shape index (κ1) is 32.6. The molecule has 0 spiro atoms. The molecule has 2 aliphatic heterocycles. The second-order valence-corrected chi connectivity index (χ2v) is 11.9. The number of aromatic nitrogens is 2. The van der Waals surface area contributed by atoms with Crippen LogP contribution in [-0.4, -0.2) is 49.6 Å². The predicted octanol–water partition coefficient (Wildman–Crippen LogP) is 4.44. The molecule has 4 heterocycles. The number of fused-ring (bicyclic) bond motifs is 5. The molecule has 0 fully saturated rings. The zero-order valence-corrected chi connectivity index (χ0v) is 26.1. The van der Waals surface area contributed by atoms with Crippen LogP contribution in [0.1, 0.15) is 94.7 Å². The molecule has 2 unspecified atom stereocenters. The van der Waals surface area contributed by atoms with Crippen LogP contribution in [0.4, 0.5) is 0 Å². The lowest BCUT2D eigenvalue weighted by molar-refractivity contribution is -0.189. The number of carboxylic acids is 1. The minimum atomic E-state index is -1.91. The van der Waals surface area contributed by atoms with Gasteiger partial charge in [0.15, 0.2) is 0 Å². The molecular formula is C34H39N3O9. The Hall–Kier alpha value is -4.74. The monoisotopic (exact) mass is 633 g/mol. The van der Waals surface area contributed by atoms with E-state index in [-0.39, 0.29) is 49.3 Å². The lowest BCUT2D eigenvalue weighted by atomic mass is 9.85. The molecule has 0 saturated carbocycles. The van der Waals surface area contributed by atoms with Crippen LogP contribution in [0.15, 0.2) is 35.1 Å². The third-order valence-corrected chi connectivity index (χ3v) is 8.78. The van der Waals surface area contributed by atoms with Gasteiger partial charge in [0.1, 0.15) is 18.4 Å². The molecule has 3 N–H and O–H groups in total. The van der Waals surface area contributed by atoms with E-state index in [9.17, 15) is 34.2 Å². The third-order valence-electron chi connectivity index (χ3n) is 8.78. The Morgan fingerprint density at radius 1 is 1.07 bits per heavy atom. The molecule has 12 nitrogen and oxygen atoms in total. The summed E-state index contributed by atoms with van der Waals surface area (Å²) < 4.78 is 12.7. The molecule has 2 aliphatic rings. The van der Waals surface area contributed by atoms with Crippen molar-refractivity contribution in [1.82, 2.24) is 14.9 Å². The van der Waals surface area contributed by atoms with E-state index in [1.54, 1.807) is 25.1 Å². The van der Waals surface area contributed by atoms with Gasteiger partial charge in [0.05, 0.1) is 35.4 Å². The van der Waals surface area contributed by atoms with E-state index in [1.165, 1.54) is 10.6 Å². The number of ether oxygens (including phenoxy) is 2. The van der Waals surface area contributed by atoms with Gasteiger partial charge in [0, 0.05) is 22.9 Å². The fourth-order valence-corrected chi connectivity index (χ4v) is 6.24. The second-order valence-electron chi connectivity index (χ2n) is 11.9. The Morgan fingerprint density at radius 2 is 1.83 bits per heavy atom. The van der Waals surface area contributed by atoms with E-state index in [1.807, 2.05) is 6.07 Å². The molecule has 46 heavy (non-hydrogen) atoms. The summed E-state index contributed by atoms with van der Waals surface area (Å²) >= 11 is 0. The summed E-state index contributed by atoms with van der Waals surface area (Å²) in [7, 11) is 0. The van der Waals surface area contributed by atoms with Crippen LogP contribution in [0, 0.1) is 0 Å². The number of carbonyl (C=O) groups is 4. The van der Waals surface area contributed by atoms with Crippen molar-refractivity contribution < 1.29 is 38.9 Å². The molecule has 1 aromatic carbocycles. The van der Waals surface area contributed by atoms with Gasteiger partial charge in [0.2, 0.25) is 11.5 Å². The predicted molar refractivity (Wildman–Crippen MR) is 167 cm³/mol. The maximum absolute atomic E-state index is 13.7. The SMILES string of the molecule is CCCCCCCCC(NC(=O)CCC(=O)OC1(CC)C(=O)OCc2c1cc1n(c2=O)Cc2cc3cc(O)ccc3nc2-1)C(=O)O. The third kappa shape index (κ3) is 6.47. The Balaban J connectivity index is 1.31. The molecule has 1 amide bonds. The number of benzene rings is 1. The first-order valence-corrected chi connectivity index (χ1v) is 15.9. The summed E-state index contributed by atoms with van der Waals surface area (Å²) in [5, 5.41) is 22.6. The van der Waals surface area contributed by atoms with Gasteiger partial charge in [-0.05, 0) is 43.2 Å². The van der Waals surface area contributed by atoms with Crippen LogP contribution in [0.2, 0.25) is 0 Å². The largest absolute Gasteiger partial charge is 0.508 e. The van der Waals surface area contributed by atoms with Crippen LogP contribution in [0.3, 0.4) is 0 Å². The zero-order chi connectivity index (χ0) is 33.0. The maximum Gasteiger partial charge on any atom is 0.355 e. The number of hydrogen-bond acceptors (Lipinski definition) is 9. The van der Waals surface area contributed by atoms with E-state index in [4.69, 9.17) is 14.5 Å². The van der Waals surface area contributed by atoms with E-state index in [2.05, 4.69) is 12.2 Å². The van der Waals surface area contributed by atoms with Gasteiger partial charge < -0.3 is 29.6 Å². The van der Waals surface area contributed by atoms with E-state index < -0.39 is 47.4 Å². The first-order chi connectivity index (χ1) is 22.1. The number of rotatable bonds is 14. The highest BCUT2D eigenvalue weighted by Crippen LogP contribution is 2.41. The topological polar surface area (TPSA) is 174 Å². The first-order valence-electron chi connectivity index (χ1n) is 15.9. The minimum absolute atomic E-state index is 0.0315. The highest BCUT2D eigenvalue weighted by molar-refractivity contribution is 5.90. The number of unbranched alkanes of at least 4 members (excludes halogenated alkanes) is 5. The van der Waals surface area contributed by atoms with Crippen molar-refractivity contribution in [3.05, 3.63) is 57.4 Å². The highest BCUT2D eigenvalue weighted by Gasteiger charge is 2.50. The molecule has 2 aromatic heterocycles. The molecule has 244 valence electrons. The van der Waals surface area contributed by atoms with E-state index in [0.29, 0.717) is 28.7 Å². The minimum Gasteiger partial charge on any atom is -0.508 e. The fraction of sp³-hybridized carbons (Fsp3) is 0.471. The van der Waals surface area contributed by atoms with Crippen molar-refractivity contribution in [1.29, 1.82) is 0 Å². The van der Waals surface area contributed by atoms with E-state index >= 15 is 0 Å². The van der Waals surface area contributed by atoms with Gasteiger partial charge in [-0.2, -0.15) is 0 Å².